The molecule has 4 rings (SSSR count). The molecule has 2 aliphatic heterocycles. The zero-order chi connectivity index (χ0) is 16.7. The van der Waals surface area contributed by atoms with Crippen LogP contribution in [0, 0.1) is 0 Å². The minimum absolute atomic E-state index is 0.0294. The molecule has 3 heterocycles. The molecule has 1 aromatic heterocycles. The Labute approximate surface area is 142 Å². The van der Waals surface area contributed by atoms with Crippen LogP contribution in [0.3, 0.4) is 0 Å². The molecule has 0 bridgehead atoms. The van der Waals surface area contributed by atoms with Gasteiger partial charge < -0.3 is 20.3 Å². The van der Waals surface area contributed by atoms with E-state index in [1.165, 1.54) is 12.8 Å². The summed E-state index contributed by atoms with van der Waals surface area (Å²) in [5.74, 6) is 1.37. The van der Waals surface area contributed by atoms with E-state index in [1.807, 2.05) is 4.90 Å². The van der Waals surface area contributed by atoms with Gasteiger partial charge in [0.05, 0.1) is 17.9 Å². The molecule has 0 atom stereocenters. The number of nitrogens with two attached hydrogens (primary N) is 1. The number of hydrogen-bond donors (Lipinski definition) is 1. The van der Waals surface area contributed by atoms with Gasteiger partial charge in [0.15, 0.2) is 0 Å². The average Bonchev–Trinajstić information content (AvgIpc) is 3.01. The number of carbonyl (C=O) groups is 1. The fraction of sp³-hybridized carbons (Fsp3) is 0.706. The number of piperazine rings is 1. The lowest BCUT2D eigenvalue weighted by Crippen LogP contribution is -2.49. The van der Waals surface area contributed by atoms with Crippen LogP contribution in [0.4, 0.5) is 11.8 Å². The second kappa shape index (κ2) is 5.88. The first-order valence-corrected chi connectivity index (χ1v) is 8.86. The van der Waals surface area contributed by atoms with Gasteiger partial charge in [-0.05, 0) is 12.8 Å². The number of fused-ring (bicyclic) bond motifs is 1. The van der Waals surface area contributed by atoms with Crippen molar-refractivity contribution in [3.8, 4) is 0 Å². The summed E-state index contributed by atoms with van der Waals surface area (Å²) in [5.41, 5.74) is 8.11. The molecule has 3 aliphatic rings. The largest absolute Gasteiger partial charge is 0.370 e. The fourth-order valence-electron chi connectivity index (χ4n) is 4.25. The summed E-state index contributed by atoms with van der Waals surface area (Å²) < 4.78 is 6.27. The minimum Gasteiger partial charge on any atom is -0.370 e. The summed E-state index contributed by atoms with van der Waals surface area (Å²) in [6, 6.07) is 0. The summed E-state index contributed by atoms with van der Waals surface area (Å²) >= 11 is 0. The van der Waals surface area contributed by atoms with Crippen molar-refractivity contribution in [1.82, 2.24) is 14.9 Å². The number of hydrogen-bond acceptors (Lipinski definition) is 6. The van der Waals surface area contributed by atoms with E-state index in [9.17, 15) is 4.79 Å². The summed E-state index contributed by atoms with van der Waals surface area (Å²) in [6.07, 6.45) is 5.53. The lowest BCUT2D eigenvalue weighted by atomic mass is 9.90. The Kier molecular flexibility index (Phi) is 3.83. The Balaban J connectivity index is 1.59. The van der Waals surface area contributed by atoms with Gasteiger partial charge in [-0.25, -0.2) is 4.98 Å². The molecule has 0 aromatic carbocycles. The van der Waals surface area contributed by atoms with E-state index in [4.69, 9.17) is 10.5 Å². The van der Waals surface area contributed by atoms with Crippen molar-refractivity contribution in [1.29, 1.82) is 0 Å². The van der Waals surface area contributed by atoms with Gasteiger partial charge in [-0.3, -0.25) is 4.79 Å². The van der Waals surface area contributed by atoms with Crippen LogP contribution in [-0.4, -0.2) is 52.6 Å². The van der Waals surface area contributed by atoms with Crippen LogP contribution >= 0.6 is 0 Å². The van der Waals surface area contributed by atoms with Crippen molar-refractivity contribution in [3.63, 3.8) is 0 Å². The molecule has 1 amide bonds. The molecule has 24 heavy (non-hydrogen) atoms. The highest BCUT2D eigenvalue weighted by Crippen LogP contribution is 2.42. The number of aromatic nitrogens is 2. The quantitative estimate of drug-likeness (QED) is 0.830. The number of anilines is 2. The predicted molar refractivity (Wildman–Crippen MR) is 90.6 cm³/mol. The van der Waals surface area contributed by atoms with Crippen molar-refractivity contribution in [3.05, 3.63) is 11.3 Å². The van der Waals surface area contributed by atoms with E-state index >= 15 is 0 Å². The fourth-order valence-corrected chi connectivity index (χ4v) is 4.25. The first kappa shape index (κ1) is 15.6. The molecule has 2 fully saturated rings. The zero-order valence-electron chi connectivity index (χ0n) is 14.3. The summed E-state index contributed by atoms with van der Waals surface area (Å²) in [6.45, 7) is 5.17. The Morgan fingerprint density at radius 3 is 2.54 bits per heavy atom. The van der Waals surface area contributed by atoms with Crippen molar-refractivity contribution in [2.75, 3.05) is 36.8 Å². The third-order valence-electron chi connectivity index (χ3n) is 5.64. The van der Waals surface area contributed by atoms with E-state index < -0.39 is 0 Å². The molecule has 1 saturated carbocycles. The molecule has 130 valence electrons. The Morgan fingerprint density at radius 2 is 1.88 bits per heavy atom. The van der Waals surface area contributed by atoms with Crippen molar-refractivity contribution in [2.45, 2.75) is 51.2 Å². The first-order valence-electron chi connectivity index (χ1n) is 8.86. The van der Waals surface area contributed by atoms with Crippen LogP contribution in [0.15, 0.2) is 0 Å². The maximum Gasteiger partial charge on any atom is 0.222 e. The maximum absolute atomic E-state index is 11.5. The van der Waals surface area contributed by atoms with E-state index in [-0.39, 0.29) is 11.5 Å². The second-order valence-electron chi connectivity index (χ2n) is 7.18. The Morgan fingerprint density at radius 1 is 1.17 bits per heavy atom. The van der Waals surface area contributed by atoms with Crippen LogP contribution < -0.4 is 10.6 Å². The van der Waals surface area contributed by atoms with Gasteiger partial charge in [-0.1, -0.05) is 12.8 Å². The topological polar surface area (TPSA) is 84.6 Å². The summed E-state index contributed by atoms with van der Waals surface area (Å²) in [4.78, 5) is 24.6. The molecule has 1 spiro atoms. The minimum atomic E-state index is -0.0294. The number of rotatable bonds is 1. The highest BCUT2D eigenvalue weighted by Gasteiger charge is 2.40. The van der Waals surface area contributed by atoms with Crippen LogP contribution in [0.25, 0.3) is 0 Å². The molecule has 7 nitrogen and oxygen atoms in total. The number of carbonyl (C=O) groups excluding carboxylic acids is 1. The van der Waals surface area contributed by atoms with E-state index in [1.54, 1.807) is 6.92 Å². The van der Waals surface area contributed by atoms with Gasteiger partial charge in [-0.15, -0.1) is 0 Å². The molecular weight excluding hydrogens is 306 g/mol. The van der Waals surface area contributed by atoms with Gasteiger partial charge in [0.1, 0.15) is 5.82 Å². The van der Waals surface area contributed by atoms with Gasteiger partial charge in [-0.2, -0.15) is 4.98 Å². The number of nitrogens with zero attached hydrogens (tertiary/aromatic N) is 4. The number of ether oxygens (including phenoxy) is 1. The van der Waals surface area contributed by atoms with Crippen molar-refractivity contribution >= 4 is 17.7 Å². The third kappa shape index (κ3) is 2.70. The van der Waals surface area contributed by atoms with Gasteiger partial charge >= 0.3 is 0 Å². The molecular formula is C17H25N5O2. The van der Waals surface area contributed by atoms with Crippen LogP contribution in [0.5, 0.6) is 0 Å². The van der Waals surface area contributed by atoms with Gasteiger partial charge in [0.2, 0.25) is 11.9 Å². The molecule has 0 radical (unpaired) electrons. The average molecular weight is 331 g/mol. The third-order valence-corrected chi connectivity index (χ3v) is 5.64. The van der Waals surface area contributed by atoms with Crippen LogP contribution in [-0.2, 0) is 22.6 Å². The number of amides is 1. The summed E-state index contributed by atoms with van der Waals surface area (Å²) in [7, 11) is 0. The number of nitrogen functional groups attached to an aromatic ring is 1. The smallest absolute Gasteiger partial charge is 0.222 e. The molecule has 2 N–H and O–H groups in total. The van der Waals surface area contributed by atoms with E-state index in [0.717, 1.165) is 62.5 Å². The normalized spacial score (nSPS) is 22.7. The lowest BCUT2D eigenvalue weighted by Gasteiger charge is -2.39. The van der Waals surface area contributed by atoms with E-state index in [2.05, 4.69) is 14.9 Å². The van der Waals surface area contributed by atoms with Crippen LogP contribution in [0.2, 0.25) is 0 Å². The Hall–Kier alpha value is -1.89. The van der Waals surface area contributed by atoms with Crippen molar-refractivity contribution in [2.24, 2.45) is 0 Å². The molecule has 7 heteroatoms. The molecule has 1 aliphatic carbocycles. The predicted octanol–water partition coefficient (Wildman–Crippen LogP) is 1.11. The highest BCUT2D eigenvalue weighted by molar-refractivity contribution is 5.73. The first-order chi connectivity index (χ1) is 11.6. The Bertz CT molecular complexity index is 649. The van der Waals surface area contributed by atoms with Gasteiger partial charge in [0.25, 0.3) is 0 Å². The standard InChI is InChI=1S/C17H25N5O2/c1-12(23)21-6-8-22(9-7-21)15-13-11-24-17(4-2-3-5-17)10-14(13)19-16(18)20-15/h2-11H2,1H3,(H2,18,19,20). The molecule has 1 saturated heterocycles. The SMILES string of the molecule is CC(=O)N1CCN(c2nc(N)nc3c2COC2(CCCC2)C3)CC1. The highest BCUT2D eigenvalue weighted by atomic mass is 16.5. The van der Waals surface area contributed by atoms with Crippen LogP contribution in [0.1, 0.15) is 43.9 Å². The molecule has 0 unspecified atom stereocenters. The maximum atomic E-state index is 11.5. The van der Waals surface area contributed by atoms with E-state index in [0.29, 0.717) is 12.6 Å². The van der Waals surface area contributed by atoms with Crippen molar-refractivity contribution < 1.29 is 9.53 Å². The zero-order valence-corrected chi connectivity index (χ0v) is 14.3. The second-order valence-corrected chi connectivity index (χ2v) is 7.18. The van der Waals surface area contributed by atoms with Gasteiger partial charge in [0, 0.05) is 45.1 Å². The molecule has 1 aromatic rings. The monoisotopic (exact) mass is 331 g/mol. The lowest BCUT2D eigenvalue weighted by molar-refractivity contribution is -0.129. The summed E-state index contributed by atoms with van der Waals surface area (Å²) in [5, 5.41) is 0.